The number of imidazole rings is 1. The Morgan fingerprint density at radius 2 is 1.92 bits per heavy atom. The maximum absolute atomic E-state index is 6.50. The second kappa shape index (κ2) is 7.52. The lowest BCUT2D eigenvalue weighted by Gasteiger charge is -2.16. The van der Waals surface area contributed by atoms with Gasteiger partial charge >= 0.3 is 0 Å². The van der Waals surface area contributed by atoms with Crippen LogP contribution in [0.3, 0.4) is 0 Å². The van der Waals surface area contributed by atoms with Crippen LogP contribution in [-0.2, 0) is 26.4 Å². The fraction of sp³-hybridized carbons (Fsp3) is 0.286. The van der Waals surface area contributed by atoms with Crippen molar-refractivity contribution in [2.24, 2.45) is 7.05 Å². The predicted octanol–water partition coefficient (Wildman–Crippen LogP) is 4.04. The molecule has 0 bridgehead atoms. The number of halogens is 1. The maximum Gasteiger partial charge on any atom is 0.139 e. The second-order valence-corrected chi connectivity index (χ2v) is 7.13. The average Bonchev–Trinajstić information content (AvgIpc) is 2.94. The molecule has 2 N–H and O–H groups in total. The smallest absolute Gasteiger partial charge is 0.139 e. The first-order valence-corrected chi connectivity index (χ1v) is 9.41. The number of hydrogen-bond acceptors (Lipinski definition) is 3. The van der Waals surface area contributed by atoms with Gasteiger partial charge in [0.2, 0.25) is 0 Å². The summed E-state index contributed by atoms with van der Waals surface area (Å²) in [6, 6.07) is 12.7. The topological polar surface area (TPSA) is 41.9 Å². The zero-order valence-corrected chi connectivity index (χ0v) is 15.7. The van der Waals surface area contributed by atoms with Gasteiger partial charge in [0.25, 0.3) is 0 Å². The van der Waals surface area contributed by atoms with Crippen molar-refractivity contribution < 1.29 is 0 Å². The highest BCUT2D eigenvalue weighted by molar-refractivity contribution is 6.33. The molecular weight excluding hydrogens is 344 g/mol. The minimum Gasteiger partial charge on any atom is -0.380 e. The molecule has 0 spiro atoms. The largest absolute Gasteiger partial charge is 0.380 e. The molecule has 0 amide bonds. The Hall–Kier alpha value is -2.30. The lowest BCUT2D eigenvalue weighted by Crippen LogP contribution is -2.16. The third kappa shape index (κ3) is 3.48. The second-order valence-electron chi connectivity index (χ2n) is 6.72. The molecule has 3 aromatic rings. The molecule has 0 radical (unpaired) electrons. The molecule has 1 aromatic heterocycles. The summed E-state index contributed by atoms with van der Waals surface area (Å²) in [5.41, 5.74) is 6.18. The van der Waals surface area contributed by atoms with Crippen LogP contribution in [0.25, 0.3) is 11.4 Å². The van der Waals surface area contributed by atoms with Gasteiger partial charge in [0.15, 0.2) is 0 Å². The van der Waals surface area contributed by atoms with E-state index in [1.807, 2.05) is 30.1 Å². The molecule has 4 nitrogen and oxygen atoms in total. The number of hydrogen-bond donors (Lipinski definition) is 2. The lowest BCUT2D eigenvalue weighted by atomic mass is 10.0. The monoisotopic (exact) mass is 366 g/mol. The molecule has 134 valence electrons. The van der Waals surface area contributed by atoms with E-state index in [0.717, 1.165) is 54.6 Å². The van der Waals surface area contributed by atoms with E-state index in [1.54, 1.807) is 0 Å². The van der Waals surface area contributed by atoms with Gasteiger partial charge in [-0.05, 0) is 48.7 Å². The number of fused-ring (bicyclic) bond motifs is 1. The number of nitrogens with one attached hydrogen (secondary N) is 2. The number of aryl methyl sites for hydroxylation is 1. The van der Waals surface area contributed by atoms with Crippen LogP contribution < -0.4 is 10.6 Å². The van der Waals surface area contributed by atoms with Crippen molar-refractivity contribution in [3.63, 3.8) is 0 Å². The Morgan fingerprint density at radius 1 is 1.12 bits per heavy atom. The highest BCUT2D eigenvalue weighted by atomic mass is 35.5. The van der Waals surface area contributed by atoms with Gasteiger partial charge in [-0.25, -0.2) is 4.98 Å². The van der Waals surface area contributed by atoms with Crippen molar-refractivity contribution in [1.82, 2.24) is 14.9 Å². The van der Waals surface area contributed by atoms with Crippen LogP contribution >= 0.6 is 11.6 Å². The van der Waals surface area contributed by atoms with Crippen molar-refractivity contribution in [1.29, 1.82) is 0 Å². The first kappa shape index (κ1) is 17.1. The molecule has 5 heteroatoms. The average molecular weight is 367 g/mol. The van der Waals surface area contributed by atoms with E-state index in [2.05, 4.69) is 45.9 Å². The quantitative estimate of drug-likeness (QED) is 0.732. The first-order valence-electron chi connectivity index (χ1n) is 9.04. The van der Waals surface area contributed by atoms with E-state index in [9.17, 15) is 0 Å². The fourth-order valence-electron chi connectivity index (χ4n) is 3.54. The van der Waals surface area contributed by atoms with Crippen LogP contribution in [-0.4, -0.2) is 22.6 Å². The molecule has 0 saturated carbocycles. The maximum atomic E-state index is 6.50. The van der Waals surface area contributed by atoms with Crippen LogP contribution in [0.1, 0.15) is 16.7 Å². The highest BCUT2D eigenvalue weighted by Crippen LogP contribution is 2.31. The first-order chi connectivity index (χ1) is 12.7. The standard InChI is InChI=1S/C21H23ClN4/c1-26-13-12-24-21(26)17-4-2-15(3-5-17)14-25-20-18-9-11-23-10-8-16(18)6-7-19(20)22/h2-7,12-13,23,25H,8-11,14H2,1H3. The zero-order chi connectivity index (χ0) is 17.9. The van der Waals surface area contributed by atoms with Crippen LogP contribution in [0.15, 0.2) is 48.8 Å². The van der Waals surface area contributed by atoms with Gasteiger partial charge in [0.1, 0.15) is 5.82 Å². The molecule has 0 fully saturated rings. The SMILES string of the molecule is Cn1ccnc1-c1ccc(CNc2c(Cl)ccc3c2CCNCC3)cc1. The minimum atomic E-state index is 0.754. The lowest BCUT2D eigenvalue weighted by molar-refractivity contribution is 0.711. The van der Waals surface area contributed by atoms with Gasteiger partial charge in [-0.1, -0.05) is 41.9 Å². The fourth-order valence-corrected chi connectivity index (χ4v) is 3.78. The van der Waals surface area contributed by atoms with E-state index in [4.69, 9.17) is 11.6 Å². The van der Waals surface area contributed by atoms with E-state index in [0.29, 0.717) is 0 Å². The number of rotatable bonds is 4. The van der Waals surface area contributed by atoms with E-state index < -0.39 is 0 Å². The number of aromatic nitrogens is 2. The highest BCUT2D eigenvalue weighted by Gasteiger charge is 2.14. The van der Waals surface area contributed by atoms with Crippen LogP contribution in [0.5, 0.6) is 0 Å². The number of nitrogens with zero attached hydrogens (tertiary/aromatic N) is 2. The van der Waals surface area contributed by atoms with Crippen LogP contribution in [0.4, 0.5) is 5.69 Å². The van der Waals surface area contributed by atoms with Crippen molar-refractivity contribution in [3.05, 3.63) is 70.5 Å². The number of anilines is 1. The van der Waals surface area contributed by atoms with Crippen molar-refractivity contribution in [3.8, 4) is 11.4 Å². The molecule has 0 saturated heterocycles. The molecule has 0 aliphatic carbocycles. The van der Waals surface area contributed by atoms with Gasteiger partial charge in [0.05, 0.1) is 10.7 Å². The summed E-state index contributed by atoms with van der Waals surface area (Å²) in [6.07, 6.45) is 5.85. The molecule has 2 aromatic carbocycles. The summed E-state index contributed by atoms with van der Waals surface area (Å²) in [5, 5.41) is 7.83. The third-order valence-corrected chi connectivity index (χ3v) is 5.30. The minimum absolute atomic E-state index is 0.754. The Bertz CT molecular complexity index is 899. The molecule has 1 aliphatic rings. The third-order valence-electron chi connectivity index (χ3n) is 4.98. The Kier molecular flexibility index (Phi) is 4.96. The Labute approximate surface area is 159 Å². The van der Waals surface area contributed by atoms with Crippen LogP contribution in [0.2, 0.25) is 5.02 Å². The molecule has 26 heavy (non-hydrogen) atoms. The van der Waals surface area contributed by atoms with E-state index in [-0.39, 0.29) is 0 Å². The van der Waals surface area contributed by atoms with Gasteiger partial charge in [-0.15, -0.1) is 0 Å². The van der Waals surface area contributed by atoms with Gasteiger partial charge in [-0.3, -0.25) is 0 Å². The summed E-state index contributed by atoms with van der Waals surface area (Å²) in [4.78, 5) is 4.40. The van der Waals surface area contributed by atoms with Gasteiger partial charge in [0, 0.05) is 31.5 Å². The Balaban J connectivity index is 1.52. The molecule has 2 heterocycles. The molecule has 1 aliphatic heterocycles. The predicted molar refractivity (Wildman–Crippen MR) is 108 cm³/mol. The summed E-state index contributed by atoms with van der Waals surface area (Å²) in [6.45, 7) is 2.79. The Morgan fingerprint density at radius 3 is 2.69 bits per heavy atom. The van der Waals surface area contributed by atoms with Crippen molar-refractivity contribution in [2.45, 2.75) is 19.4 Å². The molecule has 4 rings (SSSR count). The van der Waals surface area contributed by atoms with E-state index in [1.165, 1.54) is 16.7 Å². The van der Waals surface area contributed by atoms with Crippen molar-refractivity contribution >= 4 is 17.3 Å². The number of benzene rings is 2. The van der Waals surface area contributed by atoms with Crippen molar-refractivity contribution in [2.75, 3.05) is 18.4 Å². The molecular formula is C21H23ClN4. The van der Waals surface area contributed by atoms with Gasteiger partial charge in [-0.2, -0.15) is 0 Å². The summed E-state index contributed by atoms with van der Waals surface area (Å²) in [7, 11) is 2.01. The molecule has 0 atom stereocenters. The normalized spacial score (nSPS) is 13.9. The summed E-state index contributed by atoms with van der Waals surface area (Å²) in [5.74, 6) is 0.980. The van der Waals surface area contributed by atoms with E-state index >= 15 is 0 Å². The van der Waals surface area contributed by atoms with Crippen LogP contribution in [0, 0.1) is 0 Å². The summed E-state index contributed by atoms with van der Waals surface area (Å²) < 4.78 is 2.03. The zero-order valence-electron chi connectivity index (χ0n) is 14.9. The molecule has 0 unspecified atom stereocenters. The van der Waals surface area contributed by atoms with Gasteiger partial charge < -0.3 is 15.2 Å². The summed E-state index contributed by atoms with van der Waals surface area (Å²) >= 11 is 6.50.